The number of nitrogens with zero attached hydrogens (tertiary/aromatic N) is 1. The molecule has 0 bridgehead atoms. The van der Waals surface area contributed by atoms with E-state index >= 15 is 0 Å². The van der Waals surface area contributed by atoms with Crippen molar-refractivity contribution in [3.63, 3.8) is 0 Å². The molecular formula is C22H24BrNO3. The monoisotopic (exact) mass is 429 g/mol. The maximum Gasteiger partial charge on any atom is 0.233 e. The highest BCUT2D eigenvalue weighted by molar-refractivity contribution is 9.10. The number of likely N-dealkylation sites (N-methyl/N-ethyl adjacent to an activating group) is 1. The minimum absolute atomic E-state index is 0.216. The van der Waals surface area contributed by atoms with E-state index in [4.69, 9.17) is 9.47 Å². The molecule has 27 heavy (non-hydrogen) atoms. The van der Waals surface area contributed by atoms with Gasteiger partial charge in [0.25, 0.3) is 0 Å². The summed E-state index contributed by atoms with van der Waals surface area (Å²) in [7, 11) is 0. The number of carbonyl (C=O) groups is 1. The van der Waals surface area contributed by atoms with Gasteiger partial charge < -0.3 is 14.4 Å². The lowest BCUT2D eigenvalue weighted by molar-refractivity contribution is -0.141. The molecule has 1 aliphatic heterocycles. The first-order valence-electron chi connectivity index (χ1n) is 9.57. The van der Waals surface area contributed by atoms with Crippen LogP contribution in [0.2, 0.25) is 0 Å². The third kappa shape index (κ3) is 3.33. The highest BCUT2D eigenvalue weighted by atomic mass is 79.9. The molecule has 2 aromatic rings. The second-order valence-electron chi connectivity index (χ2n) is 7.20. The zero-order valence-corrected chi connectivity index (χ0v) is 17.1. The number of ether oxygens (including phenoxy) is 2. The smallest absolute Gasteiger partial charge is 0.233 e. The fraction of sp³-hybridized carbons (Fsp3) is 0.409. The molecule has 0 N–H and O–H groups in total. The van der Waals surface area contributed by atoms with Crippen LogP contribution in [0.5, 0.6) is 11.5 Å². The highest BCUT2D eigenvalue weighted by Gasteiger charge is 2.47. The van der Waals surface area contributed by atoms with Crippen LogP contribution >= 0.6 is 15.9 Å². The van der Waals surface area contributed by atoms with Crippen molar-refractivity contribution in [3.05, 3.63) is 58.1 Å². The van der Waals surface area contributed by atoms with Crippen molar-refractivity contribution in [2.45, 2.75) is 38.1 Å². The molecule has 5 heteroatoms. The summed E-state index contributed by atoms with van der Waals surface area (Å²) >= 11 is 3.49. The van der Waals surface area contributed by atoms with Crippen LogP contribution in [0, 0.1) is 0 Å². The number of para-hydroxylation sites is 1. The Labute approximate surface area is 168 Å². The molecule has 1 amide bonds. The lowest BCUT2D eigenvalue weighted by atomic mass is 9.63. The fourth-order valence-electron chi connectivity index (χ4n) is 4.02. The quantitative estimate of drug-likeness (QED) is 0.691. The van der Waals surface area contributed by atoms with Gasteiger partial charge in [-0.25, -0.2) is 0 Å². The van der Waals surface area contributed by atoms with Crippen molar-refractivity contribution in [1.29, 1.82) is 0 Å². The average molecular weight is 430 g/mol. The third-order valence-corrected chi connectivity index (χ3v) is 6.22. The summed E-state index contributed by atoms with van der Waals surface area (Å²) in [5, 5.41) is 0. The standard InChI is InChI=1S/C22H24BrNO3/c1-2-24(15-16-5-3-6-19-20(16)27-14-13-26-19)21(25)22(11-4-12-22)17-7-9-18(23)10-8-17/h3,5-10H,2,4,11-15H2,1H3. The van der Waals surface area contributed by atoms with Crippen LogP contribution in [0.25, 0.3) is 0 Å². The SMILES string of the molecule is CCN(Cc1cccc2c1OCCO2)C(=O)C1(c2ccc(Br)cc2)CCC1. The van der Waals surface area contributed by atoms with Crippen LogP contribution in [-0.2, 0) is 16.8 Å². The molecule has 2 aliphatic rings. The molecule has 0 saturated heterocycles. The van der Waals surface area contributed by atoms with E-state index in [1.165, 1.54) is 0 Å². The van der Waals surface area contributed by atoms with Gasteiger partial charge in [0.05, 0.1) is 5.41 Å². The summed E-state index contributed by atoms with van der Waals surface area (Å²) in [5.74, 6) is 1.77. The van der Waals surface area contributed by atoms with Gasteiger partial charge in [-0.3, -0.25) is 4.79 Å². The number of hydrogen-bond donors (Lipinski definition) is 0. The van der Waals surface area contributed by atoms with Crippen molar-refractivity contribution in [3.8, 4) is 11.5 Å². The highest BCUT2D eigenvalue weighted by Crippen LogP contribution is 2.46. The van der Waals surface area contributed by atoms with E-state index in [-0.39, 0.29) is 11.3 Å². The molecule has 2 aromatic carbocycles. The number of benzene rings is 2. The molecule has 0 radical (unpaired) electrons. The van der Waals surface area contributed by atoms with Crippen molar-refractivity contribution >= 4 is 21.8 Å². The Morgan fingerprint density at radius 2 is 1.85 bits per heavy atom. The number of hydrogen-bond acceptors (Lipinski definition) is 3. The summed E-state index contributed by atoms with van der Waals surface area (Å²) in [6.45, 7) is 4.37. The van der Waals surface area contributed by atoms with Gasteiger partial charge in [0, 0.05) is 23.1 Å². The predicted octanol–water partition coefficient (Wildman–Crippen LogP) is 4.69. The minimum atomic E-state index is -0.386. The van der Waals surface area contributed by atoms with E-state index in [1.54, 1.807) is 0 Å². The van der Waals surface area contributed by atoms with Crippen LogP contribution in [0.4, 0.5) is 0 Å². The van der Waals surface area contributed by atoms with Crippen molar-refractivity contribution in [2.24, 2.45) is 0 Å². The molecule has 0 aromatic heterocycles. The zero-order valence-electron chi connectivity index (χ0n) is 15.5. The van der Waals surface area contributed by atoms with Crippen LogP contribution in [-0.4, -0.2) is 30.6 Å². The molecule has 1 heterocycles. The lowest BCUT2D eigenvalue weighted by Gasteiger charge is -2.44. The van der Waals surface area contributed by atoms with Gasteiger partial charge in [-0.15, -0.1) is 0 Å². The van der Waals surface area contributed by atoms with E-state index in [1.807, 2.05) is 42.2 Å². The summed E-state index contributed by atoms with van der Waals surface area (Å²) in [6, 6.07) is 14.1. The average Bonchev–Trinajstić information content (AvgIpc) is 2.66. The molecule has 1 aliphatic carbocycles. The van der Waals surface area contributed by atoms with Crippen LogP contribution in [0.1, 0.15) is 37.3 Å². The first-order chi connectivity index (χ1) is 13.1. The molecule has 1 fully saturated rings. The molecule has 142 valence electrons. The van der Waals surface area contributed by atoms with Gasteiger partial charge in [0.15, 0.2) is 11.5 Å². The van der Waals surface area contributed by atoms with Crippen molar-refractivity contribution < 1.29 is 14.3 Å². The number of fused-ring (bicyclic) bond motifs is 1. The predicted molar refractivity (Wildman–Crippen MR) is 108 cm³/mol. The minimum Gasteiger partial charge on any atom is -0.486 e. The van der Waals surface area contributed by atoms with Crippen molar-refractivity contribution in [2.75, 3.05) is 19.8 Å². The Morgan fingerprint density at radius 3 is 2.52 bits per heavy atom. The number of halogens is 1. The number of rotatable bonds is 5. The summed E-state index contributed by atoms with van der Waals surface area (Å²) < 4.78 is 12.6. The van der Waals surface area contributed by atoms with Gasteiger partial charge in [-0.05, 0) is 43.5 Å². The molecule has 0 unspecified atom stereocenters. The number of carbonyl (C=O) groups excluding carboxylic acids is 1. The van der Waals surface area contributed by atoms with E-state index in [2.05, 4.69) is 28.1 Å². The molecule has 0 spiro atoms. The second kappa shape index (κ2) is 7.55. The largest absolute Gasteiger partial charge is 0.486 e. The topological polar surface area (TPSA) is 38.8 Å². The Morgan fingerprint density at radius 1 is 1.11 bits per heavy atom. The first kappa shape index (κ1) is 18.4. The normalized spacial score (nSPS) is 17.1. The van der Waals surface area contributed by atoms with Gasteiger partial charge in [-0.2, -0.15) is 0 Å². The lowest BCUT2D eigenvalue weighted by Crippen LogP contribution is -2.50. The maximum atomic E-state index is 13.6. The van der Waals surface area contributed by atoms with Crippen LogP contribution in [0.15, 0.2) is 46.9 Å². The Bertz CT molecular complexity index is 830. The Balaban J connectivity index is 1.61. The van der Waals surface area contributed by atoms with Gasteiger partial charge in [0.2, 0.25) is 5.91 Å². The number of amides is 1. The Kier molecular flexibility index (Phi) is 5.13. The van der Waals surface area contributed by atoms with E-state index in [0.717, 1.165) is 46.4 Å². The maximum absolute atomic E-state index is 13.6. The molecule has 4 rings (SSSR count). The van der Waals surface area contributed by atoms with Gasteiger partial charge >= 0.3 is 0 Å². The van der Waals surface area contributed by atoms with E-state index in [9.17, 15) is 4.79 Å². The summed E-state index contributed by atoms with van der Waals surface area (Å²) in [4.78, 5) is 15.5. The first-order valence-corrected chi connectivity index (χ1v) is 10.4. The van der Waals surface area contributed by atoms with Gasteiger partial charge in [0.1, 0.15) is 13.2 Å². The van der Waals surface area contributed by atoms with E-state index in [0.29, 0.717) is 26.3 Å². The zero-order chi connectivity index (χ0) is 18.9. The second-order valence-corrected chi connectivity index (χ2v) is 8.12. The molecular weight excluding hydrogens is 406 g/mol. The molecule has 4 nitrogen and oxygen atoms in total. The summed E-state index contributed by atoms with van der Waals surface area (Å²) in [6.07, 6.45) is 2.92. The molecule has 0 atom stereocenters. The van der Waals surface area contributed by atoms with Crippen LogP contribution in [0.3, 0.4) is 0 Å². The van der Waals surface area contributed by atoms with E-state index < -0.39 is 0 Å². The van der Waals surface area contributed by atoms with Crippen LogP contribution < -0.4 is 9.47 Å². The molecule has 1 saturated carbocycles. The third-order valence-electron chi connectivity index (χ3n) is 5.69. The summed E-state index contributed by atoms with van der Waals surface area (Å²) in [5.41, 5.74) is 1.74. The van der Waals surface area contributed by atoms with Gasteiger partial charge in [-0.1, -0.05) is 46.6 Å². The Hall–Kier alpha value is -2.01. The fourth-order valence-corrected chi connectivity index (χ4v) is 4.28. The van der Waals surface area contributed by atoms with Crippen molar-refractivity contribution in [1.82, 2.24) is 4.90 Å².